The summed E-state index contributed by atoms with van der Waals surface area (Å²) in [6.07, 6.45) is 4.11. The molecule has 1 aliphatic heterocycles. The normalized spacial score (nSPS) is 15.9. The van der Waals surface area contributed by atoms with Gasteiger partial charge < -0.3 is 14.4 Å². The van der Waals surface area contributed by atoms with Gasteiger partial charge in [0.25, 0.3) is 0 Å². The van der Waals surface area contributed by atoms with Crippen molar-refractivity contribution in [3.05, 3.63) is 16.2 Å². The van der Waals surface area contributed by atoms with E-state index in [0.717, 1.165) is 42.0 Å². The summed E-state index contributed by atoms with van der Waals surface area (Å²) < 4.78 is 12.2. The third-order valence-electron chi connectivity index (χ3n) is 3.37. The van der Waals surface area contributed by atoms with Gasteiger partial charge in [-0.05, 0) is 48.7 Å². The van der Waals surface area contributed by atoms with Gasteiger partial charge in [0.2, 0.25) is 5.88 Å². The number of pyridine rings is 1. The number of ether oxygens (including phenoxy) is 2. The fraction of sp³-hybridized carbons (Fsp3) is 0.625. The van der Waals surface area contributed by atoms with Gasteiger partial charge in [0.1, 0.15) is 6.10 Å². The quantitative estimate of drug-likeness (QED) is 0.398. The summed E-state index contributed by atoms with van der Waals surface area (Å²) in [6.45, 7) is 9.52. The van der Waals surface area contributed by atoms with E-state index in [1.54, 1.807) is 0 Å². The highest BCUT2D eigenvalue weighted by molar-refractivity contribution is 9.10. The molecule has 122 valence electrons. The zero-order chi connectivity index (χ0) is 15.9. The van der Waals surface area contributed by atoms with Crippen molar-refractivity contribution in [2.45, 2.75) is 39.7 Å². The number of aliphatic imine (C=N–C) groups is 1. The van der Waals surface area contributed by atoms with Crippen molar-refractivity contribution in [1.29, 1.82) is 0 Å². The standard InChI is InChI=1S/C16H24BrN3O2/c1-4-8-21-10-12(2)22-16-14(17)9-15(13(3)19-16)18-11-20-6-5-7-20/h9,11-12H,4-8,10H2,1-3H3/b18-11+. The van der Waals surface area contributed by atoms with Crippen LogP contribution in [0.15, 0.2) is 15.5 Å². The maximum absolute atomic E-state index is 5.84. The van der Waals surface area contributed by atoms with E-state index in [4.69, 9.17) is 9.47 Å². The molecule has 1 fully saturated rings. The van der Waals surface area contributed by atoms with Crippen molar-refractivity contribution in [3.63, 3.8) is 0 Å². The number of aryl methyl sites for hydroxylation is 1. The molecular weight excluding hydrogens is 346 g/mol. The van der Waals surface area contributed by atoms with Crippen LogP contribution in [0.25, 0.3) is 0 Å². The van der Waals surface area contributed by atoms with E-state index in [1.807, 2.05) is 26.3 Å². The summed E-state index contributed by atoms with van der Waals surface area (Å²) in [4.78, 5) is 11.2. The van der Waals surface area contributed by atoms with Crippen LogP contribution in [0, 0.1) is 6.92 Å². The molecule has 0 amide bonds. The Morgan fingerprint density at radius 3 is 2.91 bits per heavy atom. The number of hydrogen-bond donors (Lipinski definition) is 0. The Bertz CT molecular complexity index is 518. The lowest BCUT2D eigenvalue weighted by atomic mass is 10.2. The number of rotatable bonds is 8. The molecular formula is C16H24BrN3O2. The second-order valence-electron chi connectivity index (χ2n) is 5.52. The van der Waals surface area contributed by atoms with Crippen molar-refractivity contribution in [2.75, 3.05) is 26.3 Å². The highest BCUT2D eigenvalue weighted by Crippen LogP contribution is 2.30. The van der Waals surface area contributed by atoms with Crippen LogP contribution in [-0.4, -0.2) is 48.6 Å². The predicted octanol–water partition coefficient (Wildman–Crippen LogP) is 3.71. The zero-order valence-corrected chi connectivity index (χ0v) is 15.1. The number of likely N-dealkylation sites (tertiary alicyclic amines) is 1. The largest absolute Gasteiger partial charge is 0.471 e. The summed E-state index contributed by atoms with van der Waals surface area (Å²) in [7, 11) is 0. The minimum Gasteiger partial charge on any atom is -0.471 e. The first-order chi connectivity index (χ1) is 10.6. The fourth-order valence-electron chi connectivity index (χ4n) is 1.98. The molecule has 0 aromatic carbocycles. The number of aromatic nitrogens is 1. The molecule has 0 spiro atoms. The Hall–Kier alpha value is -1.14. The Morgan fingerprint density at radius 2 is 2.27 bits per heavy atom. The van der Waals surface area contributed by atoms with E-state index in [9.17, 15) is 0 Å². The monoisotopic (exact) mass is 369 g/mol. The van der Waals surface area contributed by atoms with E-state index in [1.165, 1.54) is 6.42 Å². The molecule has 0 aliphatic carbocycles. The SMILES string of the molecule is CCCOCC(C)Oc1nc(C)c(/N=C/N2CCC2)cc1Br. The molecule has 2 heterocycles. The van der Waals surface area contributed by atoms with Gasteiger partial charge in [-0.1, -0.05) is 6.92 Å². The maximum Gasteiger partial charge on any atom is 0.228 e. The van der Waals surface area contributed by atoms with Gasteiger partial charge in [0, 0.05) is 19.7 Å². The second kappa shape index (κ2) is 8.48. The minimum absolute atomic E-state index is 0.0369. The number of halogens is 1. The molecule has 0 bridgehead atoms. The Morgan fingerprint density at radius 1 is 1.50 bits per heavy atom. The third kappa shape index (κ3) is 4.95. The molecule has 1 aromatic rings. The van der Waals surface area contributed by atoms with Gasteiger partial charge in [0.15, 0.2) is 0 Å². The van der Waals surface area contributed by atoms with Crippen LogP contribution < -0.4 is 4.74 Å². The molecule has 1 aromatic heterocycles. The summed E-state index contributed by atoms with van der Waals surface area (Å²) in [6, 6.07) is 1.95. The maximum atomic E-state index is 5.84. The zero-order valence-electron chi connectivity index (χ0n) is 13.5. The lowest BCUT2D eigenvalue weighted by Gasteiger charge is -2.28. The molecule has 1 saturated heterocycles. The van der Waals surface area contributed by atoms with Gasteiger partial charge in [0.05, 0.1) is 28.8 Å². The second-order valence-corrected chi connectivity index (χ2v) is 6.37. The van der Waals surface area contributed by atoms with E-state index >= 15 is 0 Å². The first-order valence-corrected chi connectivity index (χ1v) is 8.59. The van der Waals surface area contributed by atoms with E-state index in [-0.39, 0.29) is 6.10 Å². The van der Waals surface area contributed by atoms with Crippen LogP contribution in [-0.2, 0) is 4.74 Å². The smallest absolute Gasteiger partial charge is 0.228 e. The number of hydrogen-bond acceptors (Lipinski definition) is 4. The van der Waals surface area contributed by atoms with Gasteiger partial charge in [-0.2, -0.15) is 0 Å². The van der Waals surface area contributed by atoms with E-state index in [2.05, 4.69) is 37.7 Å². The molecule has 0 radical (unpaired) electrons. The van der Waals surface area contributed by atoms with Crippen LogP contribution in [0.4, 0.5) is 5.69 Å². The van der Waals surface area contributed by atoms with E-state index in [0.29, 0.717) is 12.5 Å². The first kappa shape index (κ1) is 17.2. The summed E-state index contributed by atoms with van der Waals surface area (Å²) in [5, 5.41) is 0. The Labute approximate surface area is 140 Å². The summed E-state index contributed by atoms with van der Waals surface area (Å²) in [5.74, 6) is 0.591. The average Bonchev–Trinajstić information content (AvgIpc) is 2.42. The molecule has 0 N–H and O–H groups in total. The van der Waals surface area contributed by atoms with Gasteiger partial charge in [-0.15, -0.1) is 0 Å². The molecule has 0 saturated carbocycles. The highest BCUT2D eigenvalue weighted by Gasteiger charge is 2.13. The highest BCUT2D eigenvalue weighted by atomic mass is 79.9. The molecule has 1 atom stereocenters. The average molecular weight is 370 g/mol. The lowest BCUT2D eigenvalue weighted by Crippen LogP contribution is -2.35. The Kier molecular flexibility index (Phi) is 6.64. The number of nitrogens with zero attached hydrogens (tertiary/aromatic N) is 3. The Balaban J connectivity index is 1.97. The van der Waals surface area contributed by atoms with Crippen LogP contribution >= 0.6 is 15.9 Å². The third-order valence-corrected chi connectivity index (χ3v) is 3.94. The minimum atomic E-state index is -0.0369. The summed E-state index contributed by atoms with van der Waals surface area (Å²) >= 11 is 3.51. The van der Waals surface area contributed by atoms with Crippen molar-refractivity contribution in [3.8, 4) is 5.88 Å². The van der Waals surface area contributed by atoms with Crippen molar-refractivity contribution in [1.82, 2.24) is 9.88 Å². The van der Waals surface area contributed by atoms with E-state index < -0.39 is 0 Å². The predicted molar refractivity (Wildman–Crippen MR) is 92.2 cm³/mol. The molecule has 1 aliphatic rings. The lowest BCUT2D eigenvalue weighted by molar-refractivity contribution is 0.0563. The topological polar surface area (TPSA) is 47.0 Å². The van der Waals surface area contributed by atoms with Crippen molar-refractivity contribution >= 4 is 28.0 Å². The molecule has 1 unspecified atom stereocenters. The molecule has 6 heteroatoms. The van der Waals surface area contributed by atoms with Gasteiger partial charge in [-0.25, -0.2) is 9.98 Å². The van der Waals surface area contributed by atoms with Crippen LogP contribution in [0.2, 0.25) is 0 Å². The van der Waals surface area contributed by atoms with Crippen molar-refractivity contribution < 1.29 is 9.47 Å². The van der Waals surface area contributed by atoms with Gasteiger partial charge >= 0.3 is 0 Å². The first-order valence-electron chi connectivity index (χ1n) is 7.80. The van der Waals surface area contributed by atoms with Crippen LogP contribution in [0.1, 0.15) is 32.4 Å². The molecule has 2 rings (SSSR count). The fourth-order valence-corrected chi connectivity index (χ4v) is 2.38. The molecule has 22 heavy (non-hydrogen) atoms. The summed E-state index contributed by atoms with van der Waals surface area (Å²) in [5.41, 5.74) is 1.72. The van der Waals surface area contributed by atoms with Crippen LogP contribution in [0.3, 0.4) is 0 Å². The molecule has 5 nitrogen and oxygen atoms in total. The van der Waals surface area contributed by atoms with Crippen molar-refractivity contribution in [2.24, 2.45) is 4.99 Å². The van der Waals surface area contributed by atoms with Gasteiger partial charge in [-0.3, -0.25) is 0 Å². The van der Waals surface area contributed by atoms with Crippen LogP contribution in [0.5, 0.6) is 5.88 Å².